The fourth-order valence-electron chi connectivity index (χ4n) is 4.20. The van der Waals surface area contributed by atoms with E-state index in [4.69, 9.17) is 11.6 Å². The van der Waals surface area contributed by atoms with Gasteiger partial charge < -0.3 is 14.6 Å². The quantitative estimate of drug-likeness (QED) is 0.665. The van der Waals surface area contributed by atoms with Crippen molar-refractivity contribution in [1.82, 2.24) is 14.5 Å². The minimum atomic E-state index is -0.630. The number of aliphatic hydroxyl groups is 1. The van der Waals surface area contributed by atoms with Crippen molar-refractivity contribution < 1.29 is 5.11 Å². The molecule has 3 heterocycles. The molecule has 4 rings (SSSR count). The van der Waals surface area contributed by atoms with E-state index in [0.29, 0.717) is 11.7 Å². The predicted octanol–water partition coefficient (Wildman–Crippen LogP) is 3.87. The van der Waals surface area contributed by atoms with Gasteiger partial charge in [0.1, 0.15) is 5.15 Å². The molecular weight excluding hydrogens is 334 g/mol. The molecule has 2 aliphatic rings. The Morgan fingerprint density at radius 2 is 2.04 bits per heavy atom. The van der Waals surface area contributed by atoms with Crippen molar-refractivity contribution in [2.24, 2.45) is 5.92 Å². The highest BCUT2D eigenvalue weighted by atomic mass is 35.5. The Bertz CT molecular complexity index is 761. The van der Waals surface area contributed by atoms with Crippen LogP contribution in [-0.2, 0) is 6.54 Å². The SMILES string of the molecule is OC1(Cn2ccc3nc(Cl)ccc32)CCN(C[C@H]2CC=CCC2)CC1. The molecule has 0 aromatic carbocycles. The van der Waals surface area contributed by atoms with E-state index in [1.807, 2.05) is 24.4 Å². The number of allylic oxidation sites excluding steroid dienone is 2. The van der Waals surface area contributed by atoms with Crippen LogP contribution in [0.4, 0.5) is 0 Å². The van der Waals surface area contributed by atoms with Crippen molar-refractivity contribution in [3.8, 4) is 0 Å². The molecule has 4 nitrogen and oxygen atoms in total. The number of aromatic nitrogens is 2. The topological polar surface area (TPSA) is 41.3 Å². The van der Waals surface area contributed by atoms with E-state index in [1.165, 1.54) is 25.8 Å². The van der Waals surface area contributed by atoms with Crippen molar-refractivity contribution in [3.63, 3.8) is 0 Å². The summed E-state index contributed by atoms with van der Waals surface area (Å²) in [7, 11) is 0. The van der Waals surface area contributed by atoms with Gasteiger partial charge in [-0.1, -0.05) is 23.8 Å². The molecule has 1 N–H and O–H groups in total. The fraction of sp³-hybridized carbons (Fsp3) is 0.550. The number of likely N-dealkylation sites (tertiary alicyclic amines) is 1. The molecule has 25 heavy (non-hydrogen) atoms. The summed E-state index contributed by atoms with van der Waals surface area (Å²) in [6.07, 6.45) is 12.0. The molecule has 2 aromatic rings. The molecule has 5 heteroatoms. The van der Waals surface area contributed by atoms with Crippen molar-refractivity contribution >= 4 is 22.6 Å². The van der Waals surface area contributed by atoms with Gasteiger partial charge in [0.25, 0.3) is 0 Å². The first-order valence-corrected chi connectivity index (χ1v) is 9.70. The molecule has 0 saturated carbocycles. The second-order valence-electron chi connectivity index (χ2n) is 7.66. The predicted molar refractivity (Wildman–Crippen MR) is 102 cm³/mol. The van der Waals surface area contributed by atoms with Crippen molar-refractivity contribution in [1.29, 1.82) is 0 Å². The molecule has 2 aromatic heterocycles. The molecule has 1 saturated heterocycles. The number of rotatable bonds is 4. The summed E-state index contributed by atoms with van der Waals surface area (Å²) in [6, 6.07) is 5.77. The number of halogens is 1. The maximum atomic E-state index is 11.1. The minimum Gasteiger partial charge on any atom is -0.388 e. The summed E-state index contributed by atoms with van der Waals surface area (Å²) >= 11 is 5.96. The maximum Gasteiger partial charge on any atom is 0.129 e. The lowest BCUT2D eigenvalue weighted by Gasteiger charge is -2.40. The average molecular weight is 360 g/mol. The lowest BCUT2D eigenvalue weighted by Crippen LogP contribution is -2.47. The molecule has 134 valence electrons. The van der Waals surface area contributed by atoms with Gasteiger partial charge in [0.15, 0.2) is 0 Å². The Balaban J connectivity index is 1.37. The summed E-state index contributed by atoms with van der Waals surface area (Å²) in [6.45, 7) is 3.77. The third-order valence-electron chi connectivity index (χ3n) is 5.74. The summed E-state index contributed by atoms with van der Waals surface area (Å²) in [5.74, 6) is 0.792. The fourth-order valence-corrected chi connectivity index (χ4v) is 4.36. The zero-order valence-electron chi connectivity index (χ0n) is 14.6. The van der Waals surface area contributed by atoms with Gasteiger partial charge in [-0.3, -0.25) is 0 Å². The van der Waals surface area contributed by atoms with Crippen molar-refractivity contribution in [3.05, 3.63) is 41.7 Å². The normalized spacial score (nSPS) is 24.0. The first-order valence-electron chi connectivity index (χ1n) is 9.32. The van der Waals surface area contributed by atoms with E-state index >= 15 is 0 Å². The van der Waals surface area contributed by atoms with Crippen LogP contribution in [0.2, 0.25) is 5.15 Å². The smallest absolute Gasteiger partial charge is 0.129 e. The molecule has 1 atom stereocenters. The first kappa shape index (κ1) is 17.1. The van der Waals surface area contributed by atoms with Crippen LogP contribution in [0.25, 0.3) is 11.0 Å². The highest BCUT2D eigenvalue weighted by Gasteiger charge is 2.33. The van der Waals surface area contributed by atoms with Gasteiger partial charge in [-0.05, 0) is 56.2 Å². The third kappa shape index (κ3) is 3.91. The molecular formula is C20H26ClN3O. The monoisotopic (exact) mass is 359 g/mol. The zero-order valence-corrected chi connectivity index (χ0v) is 15.3. The number of hydrogen-bond donors (Lipinski definition) is 1. The Kier molecular flexibility index (Phi) is 4.85. The maximum absolute atomic E-state index is 11.1. The van der Waals surface area contributed by atoms with Crippen LogP contribution in [-0.4, -0.2) is 44.8 Å². The van der Waals surface area contributed by atoms with Crippen LogP contribution >= 0.6 is 11.6 Å². The molecule has 1 aliphatic carbocycles. The second-order valence-corrected chi connectivity index (χ2v) is 8.04. The summed E-state index contributed by atoms with van der Waals surface area (Å²) in [4.78, 5) is 6.87. The molecule has 1 aliphatic heterocycles. The lowest BCUT2D eigenvalue weighted by atomic mass is 9.89. The molecule has 1 fully saturated rings. The van der Waals surface area contributed by atoms with Gasteiger partial charge in [-0.15, -0.1) is 0 Å². The Labute approximate surface area is 154 Å². The summed E-state index contributed by atoms with van der Waals surface area (Å²) in [5.41, 5.74) is 1.29. The number of pyridine rings is 1. The van der Waals surface area contributed by atoms with Crippen LogP contribution < -0.4 is 0 Å². The average Bonchev–Trinajstić information content (AvgIpc) is 3.00. The molecule has 0 unspecified atom stereocenters. The standard InChI is InChI=1S/C20H26ClN3O/c21-19-7-6-18-17(22-19)8-11-24(18)15-20(25)9-12-23(13-10-20)14-16-4-2-1-3-5-16/h1-2,6-8,11,16,25H,3-5,9-10,12-15H2/t16-/m0/s1. The van der Waals surface area contributed by atoms with Gasteiger partial charge in [-0.2, -0.15) is 0 Å². The van der Waals surface area contributed by atoms with Crippen LogP contribution in [0.3, 0.4) is 0 Å². The highest BCUT2D eigenvalue weighted by molar-refractivity contribution is 6.29. The van der Waals surface area contributed by atoms with E-state index in [1.54, 1.807) is 0 Å². The van der Waals surface area contributed by atoms with Gasteiger partial charge in [0.05, 0.1) is 23.2 Å². The zero-order chi connectivity index (χ0) is 17.3. The van der Waals surface area contributed by atoms with Gasteiger partial charge in [0.2, 0.25) is 0 Å². The second kappa shape index (κ2) is 7.10. The number of hydrogen-bond acceptors (Lipinski definition) is 3. The minimum absolute atomic E-state index is 0.509. The van der Waals surface area contributed by atoms with Crippen molar-refractivity contribution in [2.45, 2.75) is 44.2 Å². The van der Waals surface area contributed by atoms with Gasteiger partial charge in [-0.25, -0.2) is 4.98 Å². The van der Waals surface area contributed by atoms with Crippen LogP contribution in [0, 0.1) is 5.92 Å². The van der Waals surface area contributed by atoms with Gasteiger partial charge in [0, 0.05) is 25.8 Å². The molecule has 0 bridgehead atoms. The van der Waals surface area contributed by atoms with Crippen LogP contribution in [0.15, 0.2) is 36.5 Å². The van der Waals surface area contributed by atoms with Crippen LogP contribution in [0.1, 0.15) is 32.1 Å². The van der Waals surface area contributed by atoms with E-state index in [9.17, 15) is 5.11 Å². The number of nitrogens with zero attached hydrogens (tertiary/aromatic N) is 3. The van der Waals surface area contributed by atoms with E-state index in [2.05, 4.69) is 26.6 Å². The Hall–Kier alpha value is -1.36. The molecule has 0 amide bonds. The van der Waals surface area contributed by atoms with E-state index in [0.717, 1.165) is 42.9 Å². The first-order chi connectivity index (χ1) is 12.1. The van der Waals surface area contributed by atoms with Crippen LogP contribution in [0.5, 0.6) is 0 Å². The van der Waals surface area contributed by atoms with Gasteiger partial charge >= 0.3 is 0 Å². The third-order valence-corrected chi connectivity index (χ3v) is 5.95. The summed E-state index contributed by atoms with van der Waals surface area (Å²) < 4.78 is 2.11. The largest absolute Gasteiger partial charge is 0.388 e. The molecule has 0 radical (unpaired) electrons. The van der Waals surface area contributed by atoms with E-state index in [-0.39, 0.29) is 0 Å². The number of piperidine rings is 1. The van der Waals surface area contributed by atoms with E-state index < -0.39 is 5.60 Å². The molecule has 0 spiro atoms. The summed E-state index contributed by atoms with van der Waals surface area (Å²) in [5, 5.41) is 11.6. The highest BCUT2D eigenvalue weighted by Crippen LogP contribution is 2.28. The Morgan fingerprint density at radius 3 is 2.80 bits per heavy atom. The van der Waals surface area contributed by atoms with Crippen molar-refractivity contribution in [2.75, 3.05) is 19.6 Å². The number of fused-ring (bicyclic) bond motifs is 1. The lowest BCUT2D eigenvalue weighted by molar-refractivity contribution is -0.0360. The Morgan fingerprint density at radius 1 is 1.20 bits per heavy atom.